The molecular weight excluding hydrogens is 376 g/mol. The Kier molecular flexibility index (Phi) is 5.58. The molecule has 0 radical (unpaired) electrons. The molecule has 4 aromatic rings. The van der Waals surface area contributed by atoms with Gasteiger partial charge in [-0.15, -0.1) is 10.2 Å². The predicted octanol–water partition coefficient (Wildman–Crippen LogP) is -0.540. The maximum atomic E-state index is 8.49. The van der Waals surface area contributed by atoms with Gasteiger partial charge in [0.1, 0.15) is 12.4 Å². The summed E-state index contributed by atoms with van der Waals surface area (Å²) in [4.78, 5) is 6.75. The summed E-state index contributed by atoms with van der Waals surface area (Å²) in [6.07, 6.45) is 3.92. The molecule has 0 N–H and O–H groups in total. The Morgan fingerprint density at radius 1 is 0.769 bits per heavy atom. The number of nitrogens with zero attached hydrogens (tertiary/aromatic N) is 2. The smallest absolute Gasteiger partial charge is 0.222 e. The average molecular weight is 389 g/mol. The molecule has 2 heterocycles. The van der Waals surface area contributed by atoms with Crippen LogP contribution >= 0.6 is 11.3 Å². The van der Waals surface area contributed by atoms with Gasteiger partial charge in [-0.1, -0.05) is 60.7 Å². The summed E-state index contributed by atoms with van der Waals surface area (Å²) in [6, 6.07) is 23.0. The van der Waals surface area contributed by atoms with Crippen LogP contribution in [-0.2, 0) is 0 Å². The molecule has 0 aliphatic carbocycles. The van der Waals surface area contributed by atoms with Crippen LogP contribution < -0.4 is 23.0 Å². The highest BCUT2D eigenvalue weighted by Gasteiger charge is 2.21. The molecule has 0 fully saturated rings. The van der Waals surface area contributed by atoms with Gasteiger partial charge >= 0.3 is 4.96 Å². The normalized spacial score (nSPS) is 11.1. The van der Waals surface area contributed by atoms with Gasteiger partial charge in [0.2, 0.25) is 0 Å². The predicted molar refractivity (Wildman–Crippen MR) is 86.1 cm³/mol. The Morgan fingerprint density at radius 3 is 1.88 bits per heavy atom. The number of hydrogen-bond acceptors (Lipinski definition) is 6. The number of fused-ring (bicyclic) bond motifs is 1. The molecule has 0 unspecified atom stereocenters. The van der Waals surface area contributed by atoms with E-state index in [1.165, 1.54) is 21.7 Å². The first kappa shape index (κ1) is 18.4. The van der Waals surface area contributed by atoms with E-state index in [2.05, 4.69) is 64.1 Å². The highest BCUT2D eigenvalue weighted by molar-refractivity contribution is 7.20. The summed E-state index contributed by atoms with van der Waals surface area (Å²) in [7, 11) is -4.94. The lowest BCUT2D eigenvalue weighted by Gasteiger charge is -2.17. The lowest BCUT2D eigenvalue weighted by Crippen LogP contribution is -2.68. The van der Waals surface area contributed by atoms with E-state index < -0.39 is 10.2 Å². The van der Waals surface area contributed by atoms with Crippen LogP contribution in [0, 0.1) is 10.2 Å². The number of rotatable bonds is 2. The van der Waals surface area contributed by atoms with Crippen LogP contribution in [0.15, 0.2) is 79.1 Å². The van der Waals surface area contributed by atoms with E-state index in [0.29, 0.717) is 0 Å². The topological polar surface area (TPSA) is 109 Å². The van der Waals surface area contributed by atoms with Crippen molar-refractivity contribution in [1.29, 1.82) is 0 Å². The zero-order valence-corrected chi connectivity index (χ0v) is 14.9. The summed E-state index contributed by atoms with van der Waals surface area (Å²) >= 11 is 1.72. The van der Waals surface area contributed by atoms with Crippen LogP contribution in [-0.4, -0.2) is 4.98 Å². The zero-order valence-electron chi connectivity index (χ0n) is 13.3. The molecule has 8 heteroatoms. The maximum absolute atomic E-state index is 8.49. The second kappa shape index (κ2) is 7.88. The van der Waals surface area contributed by atoms with Crippen LogP contribution in [0.2, 0.25) is 0 Å². The van der Waals surface area contributed by atoms with Crippen LogP contribution in [0.3, 0.4) is 0 Å². The monoisotopic (exact) mass is 388 g/mol. The van der Waals surface area contributed by atoms with Crippen molar-refractivity contribution in [2.45, 2.75) is 0 Å². The van der Waals surface area contributed by atoms with E-state index in [9.17, 15) is 0 Å². The Hall–Kier alpha value is -2.39. The molecule has 4 rings (SSSR count). The van der Waals surface area contributed by atoms with Gasteiger partial charge in [-0.3, -0.25) is 0 Å². The molecule has 2 aromatic carbocycles. The van der Waals surface area contributed by atoms with E-state index >= 15 is 0 Å². The van der Waals surface area contributed by atoms with E-state index in [4.69, 9.17) is 18.6 Å². The summed E-state index contributed by atoms with van der Waals surface area (Å²) in [6.45, 7) is 0. The molecule has 0 atom stereocenters. The molecule has 0 bridgehead atoms. The van der Waals surface area contributed by atoms with Gasteiger partial charge in [0.05, 0.1) is 4.88 Å². The Bertz CT molecular complexity index is 982. The summed E-state index contributed by atoms with van der Waals surface area (Å²) in [5.74, 6) is 0. The van der Waals surface area contributed by atoms with Gasteiger partial charge in [0.15, 0.2) is 5.69 Å². The van der Waals surface area contributed by atoms with Crippen LogP contribution in [0.5, 0.6) is 0 Å². The fourth-order valence-electron chi connectivity index (χ4n) is 2.50. The average Bonchev–Trinajstić information content (AvgIpc) is 3.01. The zero-order chi connectivity index (χ0) is 18.6. The molecule has 132 valence electrons. The van der Waals surface area contributed by atoms with Crippen molar-refractivity contribution in [1.82, 2.24) is 4.98 Å². The van der Waals surface area contributed by atoms with Crippen molar-refractivity contribution in [2.75, 3.05) is 0 Å². The number of benzene rings is 2. The molecule has 6 nitrogen and oxygen atoms in total. The Labute approximate surface area is 155 Å². The molecule has 0 amide bonds. The Morgan fingerprint density at radius 2 is 1.31 bits per heavy atom. The van der Waals surface area contributed by atoms with E-state index in [-0.39, 0.29) is 0 Å². The standard InChI is InChI=1S/C18H13N2S.ClHO4/c1-3-8-14(9-4-1)16-17(15-10-5-2-6-11-15)21-18-19-12-7-13-20(16)18;2-1(3,4)5/h1-13H;(H,2,3,4,5)/q+1;/p-1. The quantitative estimate of drug-likeness (QED) is 0.428. The first-order valence-corrected chi connectivity index (χ1v) is 9.50. The second-order valence-electron chi connectivity index (χ2n) is 5.16. The molecule has 0 saturated heterocycles. The van der Waals surface area contributed by atoms with Crippen LogP contribution in [0.1, 0.15) is 0 Å². The van der Waals surface area contributed by atoms with Gasteiger partial charge in [-0.25, -0.2) is 18.6 Å². The van der Waals surface area contributed by atoms with Crippen molar-refractivity contribution in [2.24, 2.45) is 0 Å². The van der Waals surface area contributed by atoms with Crippen molar-refractivity contribution in [3.05, 3.63) is 79.1 Å². The summed E-state index contributed by atoms with van der Waals surface area (Å²) in [5.41, 5.74) is 3.64. The highest BCUT2D eigenvalue weighted by Crippen LogP contribution is 2.34. The number of thiazole rings is 1. The number of halogens is 1. The van der Waals surface area contributed by atoms with Gasteiger partial charge < -0.3 is 0 Å². The minimum Gasteiger partial charge on any atom is -0.222 e. The minimum absolute atomic E-state index is 1.01. The minimum atomic E-state index is -4.94. The third-order valence-electron chi connectivity index (χ3n) is 3.44. The van der Waals surface area contributed by atoms with Crippen molar-refractivity contribution in [3.63, 3.8) is 0 Å². The van der Waals surface area contributed by atoms with E-state index in [0.717, 1.165) is 4.96 Å². The van der Waals surface area contributed by atoms with Crippen molar-refractivity contribution >= 4 is 16.3 Å². The first-order chi connectivity index (χ1) is 12.4. The number of hydrogen-bond donors (Lipinski definition) is 0. The van der Waals surface area contributed by atoms with E-state index in [1.807, 2.05) is 24.4 Å². The van der Waals surface area contributed by atoms with Gasteiger partial charge in [0, 0.05) is 11.6 Å². The SMILES string of the molecule is [O-][Cl+3]([O-])([O-])[O-].c1ccc(-c2sc3nccc[n+]3c2-c2ccccc2)cc1. The lowest BCUT2D eigenvalue weighted by molar-refractivity contribution is -2.00. The third kappa shape index (κ3) is 4.61. The fourth-order valence-corrected chi connectivity index (χ4v) is 3.62. The van der Waals surface area contributed by atoms with Crippen LogP contribution in [0.25, 0.3) is 26.7 Å². The highest BCUT2D eigenvalue weighted by atomic mass is 35.7. The lowest BCUT2D eigenvalue weighted by atomic mass is 10.1. The van der Waals surface area contributed by atoms with Crippen molar-refractivity contribution < 1.29 is 33.3 Å². The Balaban J connectivity index is 0.000000349. The summed E-state index contributed by atoms with van der Waals surface area (Å²) in [5, 5.41) is 0. The van der Waals surface area contributed by atoms with Gasteiger partial charge in [0.25, 0.3) is 0 Å². The molecule has 26 heavy (non-hydrogen) atoms. The van der Waals surface area contributed by atoms with Crippen LogP contribution in [0.4, 0.5) is 0 Å². The largest absolute Gasteiger partial charge is 0.387 e. The second-order valence-corrected chi connectivity index (χ2v) is 6.90. The molecule has 0 aliphatic rings. The fraction of sp³-hybridized carbons (Fsp3) is 0. The number of aromatic nitrogens is 2. The molecule has 0 saturated carbocycles. The summed E-state index contributed by atoms with van der Waals surface area (Å²) < 4.78 is 36.1. The van der Waals surface area contributed by atoms with Crippen molar-refractivity contribution in [3.8, 4) is 21.7 Å². The van der Waals surface area contributed by atoms with Gasteiger partial charge in [-0.05, 0) is 21.9 Å². The molecule has 0 spiro atoms. The third-order valence-corrected chi connectivity index (χ3v) is 4.56. The molecule has 2 aromatic heterocycles. The molecular formula is C18H13ClN2O4S. The van der Waals surface area contributed by atoms with E-state index in [1.54, 1.807) is 11.3 Å². The van der Waals surface area contributed by atoms with Gasteiger partial charge in [-0.2, -0.15) is 4.40 Å². The first-order valence-electron chi connectivity index (χ1n) is 7.45. The maximum Gasteiger partial charge on any atom is 0.387 e. The molecule has 0 aliphatic heterocycles.